The van der Waals surface area contributed by atoms with E-state index in [2.05, 4.69) is 27.8 Å². The summed E-state index contributed by atoms with van der Waals surface area (Å²) in [5, 5.41) is 6.45. The lowest BCUT2D eigenvalue weighted by atomic mass is 9.95. The van der Waals surface area contributed by atoms with E-state index in [4.69, 9.17) is 0 Å². The zero-order valence-corrected chi connectivity index (χ0v) is 13.3. The van der Waals surface area contributed by atoms with E-state index in [1.165, 1.54) is 24.8 Å². The van der Waals surface area contributed by atoms with Crippen molar-refractivity contribution >= 4 is 11.6 Å². The highest BCUT2D eigenvalue weighted by atomic mass is 16.1. The van der Waals surface area contributed by atoms with Crippen molar-refractivity contribution in [3.63, 3.8) is 0 Å². The third kappa shape index (κ3) is 4.55. The van der Waals surface area contributed by atoms with Crippen molar-refractivity contribution in [2.24, 2.45) is 0 Å². The Labute approximate surface area is 137 Å². The standard InChI is InChI=1S/C19H23N3O/c23-19(22-17-9-5-2-6-10-17)16-11-18(14-20-13-16)21-12-15-7-3-1-4-8-15/h1,3-4,7-8,11,13-14,17,21H,2,5-6,9-10,12H2,(H,22,23). The molecule has 1 saturated carbocycles. The Hall–Kier alpha value is -2.36. The molecule has 2 N–H and O–H groups in total. The molecule has 2 aromatic rings. The van der Waals surface area contributed by atoms with Crippen LogP contribution < -0.4 is 10.6 Å². The van der Waals surface area contributed by atoms with Gasteiger partial charge in [-0.05, 0) is 24.5 Å². The lowest BCUT2D eigenvalue weighted by molar-refractivity contribution is 0.0927. The molecule has 0 unspecified atom stereocenters. The molecule has 0 atom stereocenters. The Bertz CT molecular complexity index is 636. The third-order valence-corrected chi connectivity index (χ3v) is 4.28. The molecule has 1 heterocycles. The summed E-state index contributed by atoms with van der Waals surface area (Å²) >= 11 is 0. The van der Waals surface area contributed by atoms with Gasteiger partial charge in [-0.3, -0.25) is 9.78 Å². The first-order chi connectivity index (χ1) is 11.3. The summed E-state index contributed by atoms with van der Waals surface area (Å²) in [6, 6.07) is 12.4. The second-order valence-electron chi connectivity index (χ2n) is 6.11. The van der Waals surface area contributed by atoms with Crippen LogP contribution >= 0.6 is 0 Å². The van der Waals surface area contributed by atoms with Gasteiger partial charge in [-0.2, -0.15) is 0 Å². The molecule has 1 amide bonds. The van der Waals surface area contributed by atoms with Crippen LogP contribution in [-0.4, -0.2) is 16.9 Å². The van der Waals surface area contributed by atoms with Crippen LogP contribution in [0.4, 0.5) is 5.69 Å². The average molecular weight is 309 g/mol. The molecule has 4 nitrogen and oxygen atoms in total. The van der Waals surface area contributed by atoms with Crippen LogP contribution in [0.3, 0.4) is 0 Å². The number of hydrogen-bond acceptors (Lipinski definition) is 3. The Balaban J connectivity index is 1.59. The first-order valence-corrected chi connectivity index (χ1v) is 8.35. The molecule has 1 aromatic heterocycles. The van der Waals surface area contributed by atoms with Crippen LogP contribution in [0, 0.1) is 0 Å². The maximum Gasteiger partial charge on any atom is 0.253 e. The average Bonchev–Trinajstić information content (AvgIpc) is 2.62. The van der Waals surface area contributed by atoms with Crippen molar-refractivity contribution in [3.05, 3.63) is 59.9 Å². The van der Waals surface area contributed by atoms with Crippen molar-refractivity contribution < 1.29 is 4.79 Å². The number of nitrogens with zero attached hydrogens (tertiary/aromatic N) is 1. The predicted octanol–water partition coefficient (Wildman–Crippen LogP) is 3.76. The second kappa shape index (κ2) is 7.77. The zero-order chi connectivity index (χ0) is 15.9. The fourth-order valence-electron chi connectivity index (χ4n) is 2.98. The minimum atomic E-state index is -0.0206. The summed E-state index contributed by atoms with van der Waals surface area (Å²) < 4.78 is 0. The number of aromatic nitrogens is 1. The second-order valence-corrected chi connectivity index (χ2v) is 6.11. The van der Waals surface area contributed by atoms with E-state index in [9.17, 15) is 4.79 Å². The lowest BCUT2D eigenvalue weighted by Crippen LogP contribution is -2.36. The topological polar surface area (TPSA) is 54.0 Å². The highest BCUT2D eigenvalue weighted by molar-refractivity contribution is 5.94. The van der Waals surface area contributed by atoms with Crippen LogP contribution in [0.25, 0.3) is 0 Å². The number of rotatable bonds is 5. The molecule has 0 spiro atoms. The van der Waals surface area contributed by atoms with Crippen LogP contribution in [-0.2, 0) is 6.54 Å². The van der Waals surface area contributed by atoms with Gasteiger partial charge in [0, 0.05) is 25.0 Å². The molecule has 0 bridgehead atoms. The lowest BCUT2D eigenvalue weighted by Gasteiger charge is -2.22. The molecule has 3 rings (SSSR count). The van der Waals surface area contributed by atoms with Crippen LogP contribution in [0.15, 0.2) is 48.8 Å². The van der Waals surface area contributed by atoms with E-state index in [1.54, 1.807) is 12.4 Å². The van der Waals surface area contributed by atoms with Gasteiger partial charge in [-0.15, -0.1) is 0 Å². The maximum atomic E-state index is 12.4. The molecule has 120 valence electrons. The Morgan fingerprint density at radius 2 is 1.87 bits per heavy atom. The quantitative estimate of drug-likeness (QED) is 0.884. The molecule has 0 radical (unpaired) electrons. The number of hydrogen-bond donors (Lipinski definition) is 2. The summed E-state index contributed by atoms with van der Waals surface area (Å²) in [4.78, 5) is 16.5. The van der Waals surface area contributed by atoms with Gasteiger partial charge < -0.3 is 10.6 Å². The van der Waals surface area contributed by atoms with Crippen molar-refractivity contribution in [2.45, 2.75) is 44.7 Å². The van der Waals surface area contributed by atoms with Crippen molar-refractivity contribution in [2.75, 3.05) is 5.32 Å². The highest BCUT2D eigenvalue weighted by Crippen LogP contribution is 2.18. The maximum absolute atomic E-state index is 12.4. The van der Waals surface area contributed by atoms with Gasteiger partial charge in [0.2, 0.25) is 0 Å². The van der Waals surface area contributed by atoms with Crippen molar-refractivity contribution in [1.29, 1.82) is 0 Å². The molecule has 4 heteroatoms. The Morgan fingerprint density at radius 1 is 1.09 bits per heavy atom. The summed E-state index contributed by atoms with van der Waals surface area (Å²) in [5.74, 6) is -0.0206. The van der Waals surface area contributed by atoms with Gasteiger partial charge >= 0.3 is 0 Å². The van der Waals surface area contributed by atoms with E-state index >= 15 is 0 Å². The van der Waals surface area contributed by atoms with Crippen molar-refractivity contribution in [3.8, 4) is 0 Å². The van der Waals surface area contributed by atoms with Crippen molar-refractivity contribution in [1.82, 2.24) is 10.3 Å². The van der Waals surface area contributed by atoms with Gasteiger partial charge in [-0.25, -0.2) is 0 Å². The van der Waals surface area contributed by atoms with Gasteiger partial charge in [0.25, 0.3) is 5.91 Å². The van der Waals surface area contributed by atoms with Crippen LogP contribution in [0.1, 0.15) is 48.0 Å². The van der Waals surface area contributed by atoms with E-state index in [0.717, 1.165) is 25.1 Å². The largest absolute Gasteiger partial charge is 0.380 e. The predicted molar refractivity (Wildman–Crippen MR) is 92.3 cm³/mol. The van der Waals surface area contributed by atoms with Gasteiger partial charge in [0.15, 0.2) is 0 Å². The Morgan fingerprint density at radius 3 is 2.65 bits per heavy atom. The number of pyridine rings is 1. The first kappa shape index (κ1) is 15.5. The fourth-order valence-corrected chi connectivity index (χ4v) is 2.98. The third-order valence-electron chi connectivity index (χ3n) is 4.28. The Kier molecular flexibility index (Phi) is 5.25. The van der Waals surface area contributed by atoms with Crippen LogP contribution in [0.5, 0.6) is 0 Å². The SMILES string of the molecule is O=C(NC1CCCCC1)c1cncc(NCc2ccccc2)c1. The summed E-state index contributed by atoms with van der Waals surface area (Å²) in [7, 11) is 0. The van der Waals surface area contributed by atoms with E-state index in [1.807, 2.05) is 24.3 Å². The molecular weight excluding hydrogens is 286 g/mol. The minimum absolute atomic E-state index is 0.0206. The smallest absolute Gasteiger partial charge is 0.253 e. The van der Waals surface area contributed by atoms with E-state index < -0.39 is 0 Å². The first-order valence-electron chi connectivity index (χ1n) is 8.35. The molecule has 1 aliphatic carbocycles. The molecule has 1 fully saturated rings. The van der Waals surface area contributed by atoms with Crippen LogP contribution in [0.2, 0.25) is 0 Å². The normalized spacial score (nSPS) is 15.1. The number of anilines is 1. The summed E-state index contributed by atoms with van der Waals surface area (Å²) in [6.07, 6.45) is 9.26. The van der Waals surface area contributed by atoms with E-state index in [0.29, 0.717) is 11.6 Å². The minimum Gasteiger partial charge on any atom is -0.380 e. The molecule has 0 saturated heterocycles. The number of carbonyl (C=O) groups excluding carboxylic acids is 1. The van der Waals surface area contributed by atoms with E-state index in [-0.39, 0.29) is 5.91 Å². The molecule has 23 heavy (non-hydrogen) atoms. The molecular formula is C19H23N3O. The summed E-state index contributed by atoms with van der Waals surface area (Å²) in [5.41, 5.74) is 2.68. The monoisotopic (exact) mass is 309 g/mol. The van der Waals surface area contributed by atoms with Gasteiger partial charge in [0.1, 0.15) is 0 Å². The highest BCUT2D eigenvalue weighted by Gasteiger charge is 2.16. The molecule has 1 aliphatic rings. The number of nitrogens with one attached hydrogen (secondary N) is 2. The number of carbonyl (C=O) groups is 1. The zero-order valence-electron chi connectivity index (χ0n) is 13.3. The molecule has 1 aromatic carbocycles. The summed E-state index contributed by atoms with van der Waals surface area (Å²) in [6.45, 7) is 0.718. The number of benzene rings is 1. The number of amides is 1. The van der Waals surface area contributed by atoms with Gasteiger partial charge in [0.05, 0.1) is 11.3 Å². The molecule has 0 aliphatic heterocycles. The fraction of sp³-hybridized carbons (Fsp3) is 0.368. The van der Waals surface area contributed by atoms with Gasteiger partial charge in [-0.1, -0.05) is 49.6 Å².